The van der Waals surface area contributed by atoms with Crippen LogP contribution in [0.1, 0.15) is 25.3 Å². The van der Waals surface area contributed by atoms with E-state index in [-0.39, 0.29) is 11.7 Å². The van der Waals surface area contributed by atoms with Gasteiger partial charge in [0, 0.05) is 18.5 Å². The van der Waals surface area contributed by atoms with E-state index in [9.17, 15) is 9.90 Å². The van der Waals surface area contributed by atoms with Crippen LogP contribution in [0.25, 0.3) is 0 Å². The number of nitrogens with one attached hydrogen (secondary N) is 1. The Balaban J connectivity index is 2.28. The summed E-state index contributed by atoms with van der Waals surface area (Å²) in [6.07, 6.45) is 1.12. The Morgan fingerprint density at radius 1 is 1.42 bits per heavy atom. The van der Waals surface area contributed by atoms with Crippen molar-refractivity contribution in [2.45, 2.75) is 26.3 Å². The minimum absolute atomic E-state index is 0.155. The van der Waals surface area contributed by atoms with Gasteiger partial charge < -0.3 is 19.9 Å². The van der Waals surface area contributed by atoms with Crippen LogP contribution in [-0.4, -0.2) is 31.3 Å². The highest BCUT2D eigenvalue weighted by molar-refractivity contribution is 5.69. The molecule has 2 N–H and O–H groups in total. The molecule has 1 aromatic carbocycles. The summed E-state index contributed by atoms with van der Waals surface area (Å²) in [6.45, 7) is 3.44. The van der Waals surface area contributed by atoms with E-state index < -0.39 is 0 Å². The van der Waals surface area contributed by atoms with Gasteiger partial charge in [-0.05, 0) is 26.0 Å². The predicted molar refractivity (Wildman–Crippen MR) is 72.2 cm³/mol. The van der Waals surface area contributed by atoms with Gasteiger partial charge >= 0.3 is 5.97 Å². The summed E-state index contributed by atoms with van der Waals surface area (Å²) in [5.41, 5.74) is 0.774. The lowest BCUT2D eigenvalue weighted by Crippen LogP contribution is -2.16. The number of esters is 1. The van der Waals surface area contributed by atoms with Gasteiger partial charge in [-0.3, -0.25) is 4.79 Å². The first-order valence-electron chi connectivity index (χ1n) is 6.40. The number of phenolic OH excluding ortho intramolecular Hbond substituents is 1. The maximum absolute atomic E-state index is 11.1. The fraction of sp³-hybridized carbons (Fsp3) is 0.500. The predicted octanol–water partition coefficient (Wildman–Crippen LogP) is 1.83. The molecule has 0 saturated carbocycles. The lowest BCUT2D eigenvalue weighted by atomic mass is 10.2. The first-order valence-corrected chi connectivity index (χ1v) is 6.40. The molecule has 0 radical (unpaired) electrons. The van der Waals surface area contributed by atoms with Crippen LogP contribution in [-0.2, 0) is 16.1 Å². The van der Waals surface area contributed by atoms with E-state index in [1.54, 1.807) is 13.0 Å². The van der Waals surface area contributed by atoms with Crippen molar-refractivity contribution in [3.8, 4) is 11.5 Å². The molecule has 0 aliphatic rings. The topological polar surface area (TPSA) is 67.8 Å². The molecule has 0 unspecified atom stereocenters. The number of rotatable bonds is 8. The SMILES string of the molecule is CCOC(=O)CCCNCc1cccc(OC)c1O. The summed E-state index contributed by atoms with van der Waals surface area (Å²) in [5, 5.41) is 13.0. The molecule has 5 nitrogen and oxygen atoms in total. The number of para-hydroxylation sites is 1. The smallest absolute Gasteiger partial charge is 0.305 e. The van der Waals surface area contributed by atoms with E-state index in [0.29, 0.717) is 38.3 Å². The second-order valence-corrected chi connectivity index (χ2v) is 4.05. The van der Waals surface area contributed by atoms with Crippen molar-refractivity contribution in [3.63, 3.8) is 0 Å². The van der Waals surface area contributed by atoms with Gasteiger partial charge in [0.15, 0.2) is 11.5 Å². The second-order valence-electron chi connectivity index (χ2n) is 4.05. The van der Waals surface area contributed by atoms with Crippen molar-refractivity contribution in [1.29, 1.82) is 0 Å². The molecule has 0 fully saturated rings. The highest BCUT2D eigenvalue weighted by Gasteiger charge is 2.06. The number of phenols is 1. The fourth-order valence-electron chi connectivity index (χ4n) is 1.69. The van der Waals surface area contributed by atoms with Crippen LogP contribution in [0.2, 0.25) is 0 Å². The number of carbonyl (C=O) groups excluding carboxylic acids is 1. The summed E-state index contributed by atoms with van der Waals surface area (Å²) < 4.78 is 9.87. The zero-order valence-electron chi connectivity index (χ0n) is 11.4. The number of benzene rings is 1. The number of ether oxygens (including phenoxy) is 2. The quantitative estimate of drug-likeness (QED) is 0.555. The normalized spacial score (nSPS) is 10.2. The van der Waals surface area contributed by atoms with Gasteiger partial charge in [0.05, 0.1) is 13.7 Å². The Bertz CT molecular complexity index is 406. The fourth-order valence-corrected chi connectivity index (χ4v) is 1.69. The Morgan fingerprint density at radius 2 is 2.21 bits per heavy atom. The molecule has 0 bridgehead atoms. The molecule has 5 heteroatoms. The summed E-state index contributed by atoms with van der Waals surface area (Å²) in [5.74, 6) is 0.447. The molecule has 1 aromatic rings. The Labute approximate surface area is 113 Å². The highest BCUT2D eigenvalue weighted by atomic mass is 16.5. The molecule has 0 saturated heterocycles. The van der Waals surface area contributed by atoms with Crippen molar-refractivity contribution in [2.75, 3.05) is 20.3 Å². The monoisotopic (exact) mass is 267 g/mol. The van der Waals surface area contributed by atoms with E-state index in [1.165, 1.54) is 7.11 Å². The van der Waals surface area contributed by atoms with Crippen LogP contribution in [0.5, 0.6) is 11.5 Å². The van der Waals surface area contributed by atoms with Crippen molar-refractivity contribution in [1.82, 2.24) is 5.32 Å². The van der Waals surface area contributed by atoms with Gasteiger partial charge in [-0.1, -0.05) is 12.1 Å². The molecule has 0 amide bonds. The summed E-state index contributed by atoms with van der Waals surface area (Å²) in [6, 6.07) is 5.37. The number of aromatic hydroxyl groups is 1. The Hall–Kier alpha value is -1.75. The Kier molecular flexibility index (Phi) is 6.74. The Morgan fingerprint density at radius 3 is 2.89 bits per heavy atom. The van der Waals surface area contributed by atoms with Crippen molar-refractivity contribution >= 4 is 5.97 Å². The molecule has 0 aliphatic carbocycles. The van der Waals surface area contributed by atoms with Gasteiger partial charge in [0.25, 0.3) is 0 Å². The van der Waals surface area contributed by atoms with Crippen molar-refractivity contribution < 1.29 is 19.4 Å². The van der Waals surface area contributed by atoms with Crippen LogP contribution in [0.15, 0.2) is 18.2 Å². The lowest BCUT2D eigenvalue weighted by molar-refractivity contribution is -0.143. The van der Waals surface area contributed by atoms with Crippen molar-refractivity contribution in [2.24, 2.45) is 0 Å². The molecule has 1 rings (SSSR count). The largest absolute Gasteiger partial charge is 0.504 e. The van der Waals surface area contributed by atoms with E-state index in [0.717, 1.165) is 5.56 Å². The molecule has 0 atom stereocenters. The first-order chi connectivity index (χ1) is 9.19. The first kappa shape index (κ1) is 15.3. The van der Waals surface area contributed by atoms with Gasteiger partial charge in [0.1, 0.15) is 0 Å². The van der Waals surface area contributed by atoms with Gasteiger partial charge in [-0.25, -0.2) is 0 Å². The zero-order valence-corrected chi connectivity index (χ0v) is 11.4. The maximum Gasteiger partial charge on any atom is 0.305 e. The molecular formula is C14H21NO4. The molecular weight excluding hydrogens is 246 g/mol. The number of hydrogen-bond donors (Lipinski definition) is 2. The summed E-state index contributed by atoms with van der Waals surface area (Å²) in [4.78, 5) is 11.1. The van der Waals surface area contributed by atoms with Gasteiger partial charge in [-0.15, -0.1) is 0 Å². The average Bonchev–Trinajstić information content (AvgIpc) is 2.40. The van der Waals surface area contributed by atoms with Crippen LogP contribution < -0.4 is 10.1 Å². The summed E-state index contributed by atoms with van der Waals surface area (Å²) in [7, 11) is 1.52. The average molecular weight is 267 g/mol. The van der Waals surface area contributed by atoms with Crippen LogP contribution in [0.4, 0.5) is 0 Å². The van der Waals surface area contributed by atoms with Crippen LogP contribution in [0.3, 0.4) is 0 Å². The molecule has 0 spiro atoms. The van der Waals surface area contributed by atoms with E-state index in [1.807, 2.05) is 12.1 Å². The highest BCUT2D eigenvalue weighted by Crippen LogP contribution is 2.28. The second kappa shape index (κ2) is 8.37. The van der Waals surface area contributed by atoms with Gasteiger partial charge in [0.2, 0.25) is 0 Å². The molecule has 0 aliphatic heterocycles. The third kappa shape index (κ3) is 5.18. The minimum Gasteiger partial charge on any atom is -0.504 e. The molecule has 0 aromatic heterocycles. The van der Waals surface area contributed by atoms with E-state index >= 15 is 0 Å². The zero-order chi connectivity index (χ0) is 14.1. The van der Waals surface area contributed by atoms with Crippen LogP contribution in [0, 0.1) is 0 Å². The lowest BCUT2D eigenvalue weighted by Gasteiger charge is -2.09. The third-order valence-corrected chi connectivity index (χ3v) is 2.66. The van der Waals surface area contributed by atoms with E-state index in [4.69, 9.17) is 9.47 Å². The minimum atomic E-state index is -0.173. The number of hydrogen-bond acceptors (Lipinski definition) is 5. The molecule has 19 heavy (non-hydrogen) atoms. The van der Waals surface area contributed by atoms with Crippen molar-refractivity contribution in [3.05, 3.63) is 23.8 Å². The number of methoxy groups -OCH3 is 1. The maximum atomic E-state index is 11.1. The standard InChI is InChI=1S/C14H21NO4/c1-3-19-13(16)8-5-9-15-10-11-6-4-7-12(18-2)14(11)17/h4,6-7,15,17H,3,5,8-10H2,1-2H3. The number of carbonyl (C=O) groups is 1. The third-order valence-electron chi connectivity index (χ3n) is 2.66. The van der Waals surface area contributed by atoms with Gasteiger partial charge in [-0.2, -0.15) is 0 Å². The molecule has 0 heterocycles. The van der Waals surface area contributed by atoms with Crippen LogP contribution >= 0.6 is 0 Å². The summed E-state index contributed by atoms with van der Waals surface area (Å²) >= 11 is 0. The molecule has 106 valence electrons. The van der Waals surface area contributed by atoms with E-state index in [2.05, 4.69) is 5.32 Å².